The third-order valence-corrected chi connectivity index (χ3v) is 7.00. The van der Waals surface area contributed by atoms with Crippen molar-refractivity contribution in [2.45, 2.75) is 17.2 Å². The molecule has 2 aromatic heterocycles. The molecular weight excluding hydrogens is 443 g/mol. The van der Waals surface area contributed by atoms with Gasteiger partial charge in [0, 0.05) is 34.8 Å². The molecule has 9 heteroatoms. The second-order valence-corrected chi connectivity index (χ2v) is 9.57. The Hall–Kier alpha value is -3.85. The number of aromatic nitrogens is 2. The normalized spacial score (nSPS) is 17.5. The number of sulfonamides is 1. The van der Waals surface area contributed by atoms with E-state index in [1.54, 1.807) is 54.7 Å². The number of nitrogens with one attached hydrogen (secondary N) is 2. The number of rotatable bonds is 6. The van der Waals surface area contributed by atoms with E-state index in [1.807, 2.05) is 0 Å². The van der Waals surface area contributed by atoms with E-state index in [0.717, 1.165) is 11.8 Å². The van der Waals surface area contributed by atoms with Gasteiger partial charge in [-0.3, -0.25) is 14.5 Å². The summed E-state index contributed by atoms with van der Waals surface area (Å²) in [5.74, 6) is -0.572. The summed E-state index contributed by atoms with van der Waals surface area (Å²) in [6.07, 6.45) is 4.87. The smallest absolute Gasteiger partial charge is 0.263 e. The summed E-state index contributed by atoms with van der Waals surface area (Å²) in [6, 6.07) is 16.5. The minimum absolute atomic E-state index is 0.00638. The summed E-state index contributed by atoms with van der Waals surface area (Å²) >= 11 is 0. The van der Waals surface area contributed by atoms with Gasteiger partial charge in [-0.25, -0.2) is 17.8 Å². The van der Waals surface area contributed by atoms with Gasteiger partial charge >= 0.3 is 0 Å². The van der Waals surface area contributed by atoms with E-state index in [2.05, 4.69) is 20.0 Å². The lowest BCUT2D eigenvalue weighted by Gasteiger charge is -2.09. The molecule has 166 valence electrons. The second kappa shape index (κ2) is 8.25. The van der Waals surface area contributed by atoms with Crippen molar-refractivity contribution in [3.63, 3.8) is 0 Å². The van der Waals surface area contributed by atoms with Crippen molar-refractivity contribution in [3.8, 4) is 0 Å². The number of carbonyl (C=O) groups excluding carboxylic acids is 1. The molecule has 7 nitrogen and oxygen atoms in total. The van der Waals surface area contributed by atoms with Gasteiger partial charge in [-0.05, 0) is 54.3 Å². The molecule has 0 bridgehead atoms. The minimum Gasteiger partial charge on any atom is -0.326 e. The van der Waals surface area contributed by atoms with Crippen molar-refractivity contribution in [1.29, 1.82) is 0 Å². The molecule has 1 aliphatic rings. The number of benzene rings is 2. The summed E-state index contributed by atoms with van der Waals surface area (Å²) in [4.78, 5) is 20.6. The maximum atomic E-state index is 14.0. The highest BCUT2D eigenvalue weighted by atomic mass is 32.2. The molecule has 0 saturated heterocycles. The molecule has 2 aromatic carbocycles. The molecule has 0 radical (unpaired) electrons. The Bertz CT molecular complexity index is 1440. The Morgan fingerprint density at radius 3 is 2.61 bits per heavy atom. The van der Waals surface area contributed by atoms with Gasteiger partial charge in [-0.15, -0.1) is 0 Å². The fourth-order valence-electron chi connectivity index (χ4n) is 3.81. The molecular formula is C24H19FN4O3S. The maximum absolute atomic E-state index is 14.0. The summed E-state index contributed by atoms with van der Waals surface area (Å²) in [7, 11) is -3.75. The molecule has 1 saturated carbocycles. The van der Waals surface area contributed by atoms with Crippen LogP contribution >= 0.6 is 0 Å². The first-order chi connectivity index (χ1) is 15.9. The highest BCUT2D eigenvalue weighted by Crippen LogP contribution is 2.48. The van der Waals surface area contributed by atoms with Gasteiger partial charge in [0.15, 0.2) is 0 Å². The summed E-state index contributed by atoms with van der Waals surface area (Å²) in [6.45, 7) is 0. The number of hydrogen-bond donors (Lipinski definition) is 2. The van der Waals surface area contributed by atoms with Crippen LogP contribution in [0.25, 0.3) is 10.8 Å². The average Bonchev–Trinajstić information content (AvgIpc) is 3.61. The number of hydrogen-bond acceptors (Lipinski definition) is 5. The molecule has 2 heterocycles. The molecule has 1 amide bonds. The Morgan fingerprint density at radius 2 is 1.85 bits per heavy atom. The molecule has 2 N–H and O–H groups in total. The zero-order valence-corrected chi connectivity index (χ0v) is 18.1. The van der Waals surface area contributed by atoms with Gasteiger partial charge in [-0.1, -0.05) is 24.3 Å². The number of anilines is 2. The van der Waals surface area contributed by atoms with Crippen LogP contribution in [0, 0.1) is 11.7 Å². The lowest BCUT2D eigenvalue weighted by atomic mass is 10.1. The molecule has 33 heavy (non-hydrogen) atoms. The highest BCUT2D eigenvalue weighted by Gasteiger charge is 2.44. The molecule has 0 aliphatic heterocycles. The number of nitrogens with zero attached hydrogens (tertiary/aromatic N) is 2. The largest absolute Gasteiger partial charge is 0.326 e. The Labute approximate surface area is 189 Å². The first kappa shape index (κ1) is 21.0. The van der Waals surface area contributed by atoms with Crippen LogP contribution in [0.3, 0.4) is 0 Å². The molecule has 5 rings (SSSR count). The van der Waals surface area contributed by atoms with Crippen LogP contribution in [-0.2, 0) is 14.8 Å². The van der Waals surface area contributed by atoms with E-state index in [0.29, 0.717) is 22.9 Å². The van der Waals surface area contributed by atoms with Gasteiger partial charge in [0.2, 0.25) is 5.91 Å². The Balaban J connectivity index is 1.25. The van der Waals surface area contributed by atoms with Crippen LogP contribution in [0.2, 0.25) is 0 Å². The first-order valence-corrected chi connectivity index (χ1v) is 11.8. The predicted octanol–water partition coefficient (Wildman–Crippen LogP) is 4.31. The van der Waals surface area contributed by atoms with Crippen LogP contribution in [0.15, 0.2) is 84.1 Å². The molecule has 2 atom stereocenters. The van der Waals surface area contributed by atoms with Crippen molar-refractivity contribution in [3.05, 3.63) is 90.6 Å². The number of amides is 1. The number of pyridine rings is 2. The topological polar surface area (TPSA) is 101 Å². The summed E-state index contributed by atoms with van der Waals surface area (Å²) in [5.41, 5.74) is 1.41. The standard InChI is InChI=1S/C24H19FN4O3S/c25-22-14-26-13-16-4-7-17(11-20(16)22)28-24(30)21-12-19(21)15-5-8-18(9-6-15)33(31,32)29-23-3-1-2-10-27-23/h1-11,13-14,19,21H,12H2,(H,27,29)(H,28,30)/t19-,21+/m0/s1. The van der Waals surface area contributed by atoms with Gasteiger partial charge in [0.25, 0.3) is 10.0 Å². The van der Waals surface area contributed by atoms with E-state index in [4.69, 9.17) is 0 Å². The quantitative estimate of drug-likeness (QED) is 0.445. The van der Waals surface area contributed by atoms with Crippen molar-refractivity contribution < 1.29 is 17.6 Å². The Morgan fingerprint density at radius 1 is 1.03 bits per heavy atom. The first-order valence-electron chi connectivity index (χ1n) is 10.3. The third kappa shape index (κ3) is 4.40. The maximum Gasteiger partial charge on any atom is 0.263 e. The molecule has 0 unspecified atom stereocenters. The SMILES string of the molecule is O=C(Nc1ccc2cncc(F)c2c1)[C@@H]1C[C@H]1c1ccc(S(=O)(=O)Nc2ccccn2)cc1. The molecule has 0 spiro atoms. The Kier molecular flexibility index (Phi) is 5.26. The van der Waals surface area contributed by atoms with E-state index >= 15 is 0 Å². The van der Waals surface area contributed by atoms with E-state index in [-0.39, 0.29) is 28.5 Å². The zero-order valence-electron chi connectivity index (χ0n) is 17.3. The molecule has 1 fully saturated rings. The molecule has 4 aromatic rings. The van der Waals surface area contributed by atoms with Gasteiger partial charge in [0.05, 0.1) is 11.1 Å². The van der Waals surface area contributed by atoms with Crippen molar-refractivity contribution >= 4 is 38.2 Å². The summed E-state index contributed by atoms with van der Waals surface area (Å²) in [5, 5.41) is 3.90. The minimum atomic E-state index is -3.75. The number of carbonyl (C=O) groups is 1. The number of halogens is 1. The second-order valence-electron chi connectivity index (χ2n) is 7.88. The van der Waals surface area contributed by atoms with Crippen LogP contribution in [0.5, 0.6) is 0 Å². The van der Waals surface area contributed by atoms with Crippen molar-refractivity contribution in [1.82, 2.24) is 9.97 Å². The highest BCUT2D eigenvalue weighted by molar-refractivity contribution is 7.92. The average molecular weight is 463 g/mol. The fourth-order valence-corrected chi connectivity index (χ4v) is 4.82. The number of fused-ring (bicyclic) bond motifs is 1. The fraction of sp³-hybridized carbons (Fsp3) is 0.125. The van der Waals surface area contributed by atoms with Gasteiger partial charge in [-0.2, -0.15) is 0 Å². The van der Waals surface area contributed by atoms with Crippen LogP contribution in [0.1, 0.15) is 17.9 Å². The van der Waals surface area contributed by atoms with E-state index < -0.39 is 15.8 Å². The van der Waals surface area contributed by atoms with E-state index in [9.17, 15) is 17.6 Å². The van der Waals surface area contributed by atoms with Gasteiger partial charge in [0.1, 0.15) is 11.6 Å². The lowest BCUT2D eigenvalue weighted by molar-refractivity contribution is -0.117. The summed E-state index contributed by atoms with van der Waals surface area (Å²) < 4.78 is 41.5. The van der Waals surface area contributed by atoms with Crippen LogP contribution in [0.4, 0.5) is 15.9 Å². The van der Waals surface area contributed by atoms with Gasteiger partial charge < -0.3 is 5.32 Å². The zero-order chi connectivity index (χ0) is 23.0. The third-order valence-electron chi connectivity index (χ3n) is 5.63. The van der Waals surface area contributed by atoms with Crippen molar-refractivity contribution in [2.75, 3.05) is 10.0 Å². The van der Waals surface area contributed by atoms with Crippen molar-refractivity contribution in [2.24, 2.45) is 5.92 Å². The monoisotopic (exact) mass is 462 g/mol. The lowest BCUT2D eigenvalue weighted by Crippen LogP contribution is -2.15. The predicted molar refractivity (Wildman–Crippen MR) is 123 cm³/mol. The van der Waals surface area contributed by atoms with E-state index in [1.165, 1.54) is 18.3 Å². The molecule has 1 aliphatic carbocycles. The van der Waals surface area contributed by atoms with Crippen LogP contribution in [-0.4, -0.2) is 24.3 Å². The van der Waals surface area contributed by atoms with Crippen LogP contribution < -0.4 is 10.0 Å².